The lowest BCUT2D eigenvalue weighted by atomic mass is 10.1. The Labute approximate surface area is 95.6 Å². The number of hydrogen-bond acceptors (Lipinski definition) is 5. The molecule has 0 fully saturated rings. The zero-order chi connectivity index (χ0) is 13.0. The molecule has 0 saturated heterocycles. The Bertz CT molecular complexity index is 483. The lowest BCUT2D eigenvalue weighted by molar-refractivity contribution is 0.0588. The van der Waals surface area contributed by atoms with Crippen molar-refractivity contribution in [3.05, 3.63) is 22.9 Å². The molecule has 5 nitrogen and oxygen atoms in total. The number of alkyl halides is 2. The van der Waals surface area contributed by atoms with Gasteiger partial charge in [-0.05, 0) is 0 Å². The summed E-state index contributed by atoms with van der Waals surface area (Å²) in [5, 5.41) is 8.77. The number of nitrogens with zero attached hydrogens (tertiary/aromatic N) is 2. The van der Waals surface area contributed by atoms with Crippen LogP contribution < -0.4 is 4.74 Å². The first-order chi connectivity index (χ1) is 8.04. The topological polar surface area (TPSA) is 72.2 Å². The van der Waals surface area contributed by atoms with Crippen LogP contribution in [0.1, 0.15) is 28.0 Å². The molecule has 17 heavy (non-hydrogen) atoms. The summed E-state index contributed by atoms with van der Waals surface area (Å²) in [5.41, 5.74) is -1.63. The van der Waals surface area contributed by atoms with E-state index >= 15 is 0 Å². The van der Waals surface area contributed by atoms with Gasteiger partial charge in [-0.15, -0.1) is 0 Å². The summed E-state index contributed by atoms with van der Waals surface area (Å²) in [7, 11) is 2.25. The van der Waals surface area contributed by atoms with Crippen molar-refractivity contribution >= 4 is 5.97 Å². The molecule has 0 amide bonds. The van der Waals surface area contributed by atoms with E-state index in [0.29, 0.717) is 0 Å². The average Bonchev–Trinajstić information content (AvgIpc) is 2.35. The van der Waals surface area contributed by atoms with Crippen molar-refractivity contribution < 1.29 is 23.0 Å². The molecule has 7 heteroatoms. The number of carbonyl (C=O) groups is 1. The molecule has 0 atom stereocenters. The zero-order valence-electron chi connectivity index (χ0n) is 9.03. The second-order valence-corrected chi connectivity index (χ2v) is 2.88. The molecular formula is C10H8F2N2O3. The maximum Gasteiger partial charge on any atom is 0.341 e. The van der Waals surface area contributed by atoms with Gasteiger partial charge in [0.15, 0.2) is 5.69 Å². The minimum absolute atomic E-state index is 0.162. The highest BCUT2D eigenvalue weighted by Gasteiger charge is 2.25. The number of ether oxygens (including phenoxy) is 2. The van der Waals surface area contributed by atoms with Gasteiger partial charge in [0.1, 0.15) is 11.6 Å². The first-order valence-corrected chi connectivity index (χ1v) is 4.40. The fraction of sp³-hybridized carbons (Fsp3) is 0.300. The van der Waals surface area contributed by atoms with Crippen molar-refractivity contribution in [1.29, 1.82) is 5.26 Å². The third-order valence-electron chi connectivity index (χ3n) is 1.97. The molecule has 0 spiro atoms. The summed E-state index contributed by atoms with van der Waals surface area (Å²) in [5.74, 6) is -1.20. The van der Waals surface area contributed by atoms with Crippen LogP contribution in [0.25, 0.3) is 0 Å². The van der Waals surface area contributed by atoms with Crippen molar-refractivity contribution in [2.24, 2.45) is 0 Å². The Kier molecular flexibility index (Phi) is 3.93. The number of hydrogen-bond donors (Lipinski definition) is 0. The van der Waals surface area contributed by atoms with Crippen LogP contribution in [0, 0.1) is 11.3 Å². The van der Waals surface area contributed by atoms with Crippen molar-refractivity contribution in [3.63, 3.8) is 0 Å². The molecule has 0 radical (unpaired) electrons. The van der Waals surface area contributed by atoms with Gasteiger partial charge in [0, 0.05) is 11.6 Å². The van der Waals surface area contributed by atoms with E-state index in [-0.39, 0.29) is 5.88 Å². The van der Waals surface area contributed by atoms with Gasteiger partial charge >= 0.3 is 5.97 Å². The number of pyridine rings is 1. The molecule has 0 N–H and O–H groups in total. The van der Waals surface area contributed by atoms with Crippen molar-refractivity contribution in [1.82, 2.24) is 4.98 Å². The van der Waals surface area contributed by atoms with E-state index in [0.717, 1.165) is 13.2 Å². The zero-order valence-corrected chi connectivity index (χ0v) is 9.03. The number of methoxy groups -OCH3 is 2. The highest BCUT2D eigenvalue weighted by atomic mass is 19.3. The van der Waals surface area contributed by atoms with Gasteiger partial charge in [0.05, 0.1) is 14.2 Å². The highest BCUT2D eigenvalue weighted by Crippen LogP contribution is 2.28. The predicted molar refractivity (Wildman–Crippen MR) is 51.8 cm³/mol. The molecule has 0 aliphatic carbocycles. The van der Waals surface area contributed by atoms with Crippen molar-refractivity contribution in [2.75, 3.05) is 14.2 Å². The summed E-state index contributed by atoms with van der Waals surface area (Å²) < 4.78 is 34.5. The molecule has 1 aromatic heterocycles. The fourth-order valence-electron chi connectivity index (χ4n) is 1.21. The minimum atomic E-state index is -2.94. The Balaban J connectivity index is 3.53. The van der Waals surface area contributed by atoms with E-state index < -0.39 is 29.2 Å². The monoisotopic (exact) mass is 242 g/mol. The lowest BCUT2D eigenvalue weighted by Crippen LogP contribution is -2.11. The molecule has 90 valence electrons. The Morgan fingerprint density at radius 1 is 1.53 bits per heavy atom. The number of esters is 1. The Morgan fingerprint density at radius 3 is 2.59 bits per heavy atom. The Morgan fingerprint density at radius 2 is 2.18 bits per heavy atom. The molecule has 0 aliphatic heterocycles. The second kappa shape index (κ2) is 5.21. The van der Waals surface area contributed by atoms with E-state index in [2.05, 4.69) is 14.5 Å². The maximum absolute atomic E-state index is 12.8. The van der Waals surface area contributed by atoms with Crippen molar-refractivity contribution in [2.45, 2.75) is 6.43 Å². The van der Waals surface area contributed by atoms with Crippen LogP contribution in [-0.4, -0.2) is 25.2 Å². The van der Waals surface area contributed by atoms with E-state index in [1.165, 1.54) is 7.11 Å². The van der Waals surface area contributed by atoms with Gasteiger partial charge in [0.25, 0.3) is 6.43 Å². The lowest BCUT2D eigenvalue weighted by Gasteiger charge is -2.10. The first-order valence-electron chi connectivity index (χ1n) is 4.40. The molecule has 1 aromatic rings. The molecule has 0 aromatic carbocycles. The van der Waals surface area contributed by atoms with Crippen LogP contribution in [0.2, 0.25) is 0 Å². The van der Waals surface area contributed by atoms with E-state index in [1.807, 2.05) is 0 Å². The quantitative estimate of drug-likeness (QED) is 0.754. The van der Waals surface area contributed by atoms with Gasteiger partial charge in [-0.3, -0.25) is 0 Å². The van der Waals surface area contributed by atoms with Crippen LogP contribution in [0.15, 0.2) is 6.07 Å². The minimum Gasteiger partial charge on any atom is -0.481 e. The van der Waals surface area contributed by atoms with Gasteiger partial charge < -0.3 is 9.47 Å². The number of rotatable bonds is 3. The number of carbonyl (C=O) groups excluding carboxylic acids is 1. The summed E-state index contributed by atoms with van der Waals surface area (Å²) >= 11 is 0. The SMILES string of the molecule is COC(=O)c1c(C(F)F)cc(OC)nc1C#N. The van der Waals surface area contributed by atoms with E-state index in [1.54, 1.807) is 6.07 Å². The molecule has 0 aliphatic rings. The largest absolute Gasteiger partial charge is 0.481 e. The second-order valence-electron chi connectivity index (χ2n) is 2.88. The smallest absolute Gasteiger partial charge is 0.341 e. The molecule has 0 saturated carbocycles. The van der Waals surface area contributed by atoms with Gasteiger partial charge in [-0.1, -0.05) is 0 Å². The average molecular weight is 242 g/mol. The number of nitriles is 1. The summed E-state index contributed by atoms with van der Waals surface area (Å²) in [6.07, 6.45) is -2.94. The normalized spacial score (nSPS) is 9.88. The third-order valence-corrected chi connectivity index (χ3v) is 1.97. The molecule has 0 unspecified atom stereocenters. The summed E-state index contributed by atoms with van der Waals surface area (Å²) in [6.45, 7) is 0. The Hall–Kier alpha value is -2.23. The number of aromatic nitrogens is 1. The van der Waals surface area contributed by atoms with Gasteiger partial charge in [0.2, 0.25) is 5.88 Å². The van der Waals surface area contributed by atoms with Crippen LogP contribution in [-0.2, 0) is 4.74 Å². The molecule has 0 bridgehead atoms. The van der Waals surface area contributed by atoms with Crippen LogP contribution in [0.5, 0.6) is 5.88 Å². The predicted octanol–water partition coefficient (Wildman–Crippen LogP) is 1.69. The van der Waals surface area contributed by atoms with E-state index in [9.17, 15) is 13.6 Å². The van der Waals surface area contributed by atoms with Crippen LogP contribution >= 0.6 is 0 Å². The summed E-state index contributed by atoms with van der Waals surface area (Å²) in [6, 6.07) is 2.46. The maximum atomic E-state index is 12.8. The van der Waals surface area contributed by atoms with Crippen LogP contribution in [0.3, 0.4) is 0 Å². The number of halogens is 2. The van der Waals surface area contributed by atoms with Gasteiger partial charge in [-0.2, -0.15) is 5.26 Å². The molecule has 1 heterocycles. The molecule has 1 rings (SSSR count). The standard InChI is InChI=1S/C10H8F2N2O3/c1-16-7-3-5(9(11)12)8(10(15)17-2)6(4-13)14-7/h3,9H,1-2H3. The highest BCUT2D eigenvalue weighted by molar-refractivity contribution is 5.93. The first kappa shape index (κ1) is 12.8. The summed E-state index contributed by atoms with van der Waals surface area (Å²) in [4.78, 5) is 14.9. The van der Waals surface area contributed by atoms with Gasteiger partial charge in [-0.25, -0.2) is 18.6 Å². The fourth-order valence-corrected chi connectivity index (χ4v) is 1.21. The van der Waals surface area contributed by atoms with Crippen molar-refractivity contribution in [3.8, 4) is 11.9 Å². The third kappa shape index (κ3) is 2.47. The molecular weight excluding hydrogens is 234 g/mol. The van der Waals surface area contributed by atoms with Crippen LogP contribution in [0.4, 0.5) is 8.78 Å². The van der Waals surface area contributed by atoms with E-state index in [4.69, 9.17) is 5.26 Å².